The maximum absolute atomic E-state index is 9.22. The summed E-state index contributed by atoms with van der Waals surface area (Å²) < 4.78 is 38.1. The number of anilines is 1. The van der Waals surface area contributed by atoms with Crippen LogP contribution in [0.15, 0.2) is 71.0 Å². The normalized spacial score (nSPS) is 11.1. The van der Waals surface area contributed by atoms with Crippen LogP contribution in [0.4, 0.5) is 16.5 Å². The van der Waals surface area contributed by atoms with Crippen molar-refractivity contribution in [1.29, 1.82) is 0 Å². The molecule has 3 rings (SSSR count). The van der Waals surface area contributed by atoms with Crippen LogP contribution in [0.3, 0.4) is 0 Å². The van der Waals surface area contributed by atoms with E-state index in [9.17, 15) is 13.0 Å². The van der Waals surface area contributed by atoms with Gasteiger partial charge in [0.25, 0.3) is 0 Å². The molecule has 0 aliphatic carbocycles. The van der Waals surface area contributed by atoms with Crippen LogP contribution >= 0.6 is 11.3 Å². The Kier molecular flexibility index (Phi) is 9.06. The number of nitrogens with zero attached hydrogens (tertiary/aromatic N) is 4. The maximum atomic E-state index is 9.22. The fraction of sp³-hybridized carbons (Fsp3) is 0.250. The van der Waals surface area contributed by atoms with E-state index in [0.717, 1.165) is 35.2 Å². The highest BCUT2D eigenvalue weighted by Crippen LogP contribution is 2.27. The number of methoxy groups -OCH3 is 1. The Bertz CT molecular complexity index is 1080. The minimum Gasteiger partial charge on any atom is -0.726 e. The van der Waals surface area contributed by atoms with Crippen LogP contribution in [-0.2, 0) is 28.2 Å². The highest BCUT2D eigenvalue weighted by molar-refractivity contribution is 7.80. The van der Waals surface area contributed by atoms with Crippen molar-refractivity contribution in [2.24, 2.45) is 17.3 Å². The van der Waals surface area contributed by atoms with Gasteiger partial charge in [0.1, 0.15) is 11.9 Å². The molecule has 0 aliphatic rings. The summed E-state index contributed by atoms with van der Waals surface area (Å²) in [5.74, 6) is 0. The second-order valence-electron chi connectivity index (χ2n) is 6.28. The molecular weight excluding hydrogens is 440 g/mol. The minimum absolute atomic E-state index is 0.794. The topological polar surface area (TPSA) is 108 Å². The van der Waals surface area contributed by atoms with E-state index in [1.165, 1.54) is 16.9 Å². The van der Waals surface area contributed by atoms with Crippen LogP contribution in [0.25, 0.3) is 0 Å². The van der Waals surface area contributed by atoms with Gasteiger partial charge in [0.15, 0.2) is 0 Å². The number of ether oxygens (including phenoxy) is 1. The summed E-state index contributed by atoms with van der Waals surface area (Å²) in [4.78, 5) is 2.21. The molecule has 0 saturated carbocycles. The van der Waals surface area contributed by atoms with Gasteiger partial charge in [0.2, 0.25) is 15.5 Å². The lowest BCUT2D eigenvalue weighted by molar-refractivity contribution is -0.654. The molecule has 0 N–H and O–H groups in total. The van der Waals surface area contributed by atoms with E-state index >= 15 is 0 Å². The fourth-order valence-corrected chi connectivity index (χ4v) is 3.16. The lowest BCUT2D eigenvalue weighted by Gasteiger charge is -2.19. The molecule has 0 unspecified atom stereocenters. The van der Waals surface area contributed by atoms with E-state index in [1.807, 2.05) is 36.0 Å². The summed E-state index contributed by atoms with van der Waals surface area (Å²) in [5.41, 5.74) is 3.25. The molecule has 0 atom stereocenters. The zero-order chi connectivity index (χ0) is 22.9. The smallest absolute Gasteiger partial charge is 0.411 e. The minimum atomic E-state index is -4.41. The van der Waals surface area contributed by atoms with Crippen LogP contribution in [0, 0.1) is 0 Å². The first kappa shape index (κ1) is 24.4. The summed E-state index contributed by atoms with van der Waals surface area (Å²) in [6.07, 6.45) is 1.89. The Hall–Kier alpha value is -2.86. The monoisotopic (exact) mass is 464 g/mol. The van der Waals surface area contributed by atoms with Crippen molar-refractivity contribution in [2.45, 2.75) is 6.54 Å². The van der Waals surface area contributed by atoms with E-state index in [4.69, 9.17) is 4.74 Å². The molecule has 0 spiro atoms. The predicted molar refractivity (Wildman–Crippen MR) is 118 cm³/mol. The van der Waals surface area contributed by atoms with Crippen molar-refractivity contribution in [3.63, 3.8) is 0 Å². The summed E-state index contributed by atoms with van der Waals surface area (Å²) in [7, 11) is 2.06. The molecule has 0 bridgehead atoms. The first-order valence-electron chi connectivity index (χ1n) is 9.03. The SMILES string of the molecule is COS(=O)(=O)[O-].COc1c[n+](C)c(N=Nc2ccc(N(C)Cc3ccccc3)cc2)s1. The second-order valence-corrected chi connectivity index (χ2v) is 8.40. The summed E-state index contributed by atoms with van der Waals surface area (Å²) in [6, 6.07) is 18.5. The Morgan fingerprint density at radius 1 is 1.06 bits per heavy atom. The molecule has 31 heavy (non-hydrogen) atoms. The van der Waals surface area contributed by atoms with Gasteiger partial charge in [-0.15, -0.1) is 0 Å². The van der Waals surface area contributed by atoms with Crippen LogP contribution < -0.4 is 14.2 Å². The Morgan fingerprint density at radius 2 is 1.68 bits per heavy atom. The molecule has 2 aromatic carbocycles. The molecule has 0 radical (unpaired) electrons. The molecule has 1 aromatic heterocycles. The average Bonchev–Trinajstić information content (AvgIpc) is 3.13. The third kappa shape index (κ3) is 8.42. The number of benzene rings is 2. The molecule has 11 heteroatoms. The van der Waals surface area contributed by atoms with E-state index in [2.05, 4.69) is 62.8 Å². The van der Waals surface area contributed by atoms with Gasteiger partial charge in [-0.1, -0.05) is 30.3 Å². The van der Waals surface area contributed by atoms with Crippen molar-refractivity contribution in [3.05, 3.63) is 66.4 Å². The maximum Gasteiger partial charge on any atom is 0.411 e. The molecule has 9 nitrogen and oxygen atoms in total. The molecule has 0 amide bonds. The van der Waals surface area contributed by atoms with E-state index in [0.29, 0.717) is 0 Å². The van der Waals surface area contributed by atoms with Gasteiger partial charge in [-0.2, -0.15) is 0 Å². The number of hydrogen-bond acceptors (Lipinski definition) is 9. The number of aromatic nitrogens is 1. The third-order valence-electron chi connectivity index (χ3n) is 4.00. The molecule has 166 valence electrons. The number of rotatable bonds is 7. The number of thiazole rings is 1. The van der Waals surface area contributed by atoms with Crippen LogP contribution in [0.5, 0.6) is 5.06 Å². The molecule has 0 saturated heterocycles. The van der Waals surface area contributed by atoms with Crippen molar-refractivity contribution < 1.29 is 26.5 Å². The Balaban J connectivity index is 0.000000501. The highest BCUT2D eigenvalue weighted by Gasteiger charge is 2.13. The zero-order valence-corrected chi connectivity index (χ0v) is 19.3. The van der Waals surface area contributed by atoms with Gasteiger partial charge in [-0.05, 0) is 46.3 Å². The quantitative estimate of drug-likeness (QED) is 0.228. The van der Waals surface area contributed by atoms with E-state index in [-0.39, 0.29) is 0 Å². The Labute approximate surface area is 186 Å². The first-order chi connectivity index (χ1) is 14.7. The van der Waals surface area contributed by atoms with Crippen molar-refractivity contribution >= 4 is 38.2 Å². The van der Waals surface area contributed by atoms with Crippen LogP contribution in [-0.4, -0.2) is 34.2 Å². The van der Waals surface area contributed by atoms with Crippen molar-refractivity contribution in [3.8, 4) is 5.06 Å². The molecular formula is C20H24N4O5S2. The molecule has 1 heterocycles. The van der Waals surface area contributed by atoms with E-state index in [1.54, 1.807) is 7.11 Å². The molecule has 3 aromatic rings. The summed E-state index contributed by atoms with van der Waals surface area (Å²) in [6.45, 7) is 0.868. The first-order valence-corrected chi connectivity index (χ1v) is 11.2. The third-order valence-corrected chi connectivity index (χ3v) is 5.44. The molecule has 0 fully saturated rings. The van der Waals surface area contributed by atoms with Gasteiger partial charge in [-0.3, -0.25) is 4.18 Å². The van der Waals surface area contributed by atoms with Gasteiger partial charge < -0.3 is 14.2 Å². The van der Waals surface area contributed by atoms with Gasteiger partial charge in [-0.25, -0.2) is 13.0 Å². The largest absolute Gasteiger partial charge is 0.726 e. The Morgan fingerprint density at radius 3 is 2.19 bits per heavy atom. The van der Waals surface area contributed by atoms with Crippen molar-refractivity contribution in [1.82, 2.24) is 0 Å². The number of hydrogen-bond donors (Lipinski definition) is 0. The van der Waals surface area contributed by atoms with Crippen LogP contribution in [0.1, 0.15) is 5.56 Å². The summed E-state index contributed by atoms with van der Waals surface area (Å²) >= 11 is 1.46. The second kappa shape index (κ2) is 11.5. The van der Waals surface area contributed by atoms with Crippen LogP contribution in [0.2, 0.25) is 0 Å². The number of azo groups is 1. The summed E-state index contributed by atoms with van der Waals surface area (Å²) in [5, 5.41) is 10.2. The lowest BCUT2D eigenvalue weighted by atomic mass is 10.2. The van der Waals surface area contributed by atoms with E-state index < -0.39 is 10.4 Å². The van der Waals surface area contributed by atoms with Gasteiger partial charge in [0, 0.05) is 19.3 Å². The van der Waals surface area contributed by atoms with Gasteiger partial charge in [0.05, 0.1) is 26.4 Å². The zero-order valence-electron chi connectivity index (χ0n) is 17.6. The predicted octanol–water partition coefficient (Wildman–Crippen LogP) is 3.73. The van der Waals surface area contributed by atoms with Gasteiger partial charge >= 0.3 is 5.13 Å². The fourth-order valence-electron chi connectivity index (χ4n) is 2.41. The lowest BCUT2D eigenvalue weighted by Crippen LogP contribution is -2.23. The number of aryl methyl sites for hydroxylation is 1. The highest BCUT2D eigenvalue weighted by atomic mass is 32.3. The average molecular weight is 465 g/mol. The standard InChI is InChI=1S/C19H21N4OS.CH4O4S/c1-22(13-15-7-5-4-6-8-15)17-11-9-16(10-12-17)20-21-19-23(2)14-18(24-3)25-19;1-5-6(2,3)4/h4-12,14H,13H2,1-3H3;1H3,(H,2,3,4)/q+1;/p-1. The van der Waals surface area contributed by atoms with Crippen molar-refractivity contribution in [2.75, 3.05) is 26.2 Å². The molecule has 0 aliphatic heterocycles.